The van der Waals surface area contributed by atoms with Crippen molar-refractivity contribution in [1.82, 2.24) is 4.90 Å². The number of nitriles is 1. The molecule has 0 aliphatic carbocycles. The maximum absolute atomic E-state index is 12.1. The van der Waals surface area contributed by atoms with Crippen molar-refractivity contribution in [2.45, 2.75) is 65.3 Å². The van der Waals surface area contributed by atoms with E-state index in [1.54, 1.807) is 6.08 Å². The number of rotatable bonds is 11. The highest BCUT2D eigenvalue weighted by atomic mass is 16.7. The van der Waals surface area contributed by atoms with Crippen molar-refractivity contribution in [2.24, 2.45) is 0 Å². The molecule has 1 aliphatic rings. The lowest BCUT2D eigenvalue weighted by Gasteiger charge is -2.19. The van der Waals surface area contributed by atoms with Crippen LogP contribution in [0.25, 0.3) is 0 Å². The second-order valence-corrected chi connectivity index (χ2v) is 6.83. The molecule has 1 heterocycles. The van der Waals surface area contributed by atoms with Gasteiger partial charge in [-0.2, -0.15) is 5.26 Å². The van der Waals surface area contributed by atoms with Gasteiger partial charge in [0.05, 0.1) is 6.61 Å². The van der Waals surface area contributed by atoms with E-state index in [9.17, 15) is 10.1 Å². The Balaban J connectivity index is 2.53. The maximum Gasteiger partial charge on any atom is 0.348 e. The predicted molar refractivity (Wildman–Crippen MR) is 100 cm³/mol. The van der Waals surface area contributed by atoms with E-state index in [1.165, 1.54) is 6.08 Å². The number of carbonyl (C=O) groups is 1. The second-order valence-electron chi connectivity index (χ2n) is 6.83. The molecule has 0 aromatic rings. The number of unbranched alkanes of at least 4 members (excludes halogenated alkanes) is 2. The summed E-state index contributed by atoms with van der Waals surface area (Å²) in [5.74, 6) is -1.30. The van der Waals surface area contributed by atoms with E-state index in [2.05, 4.69) is 18.7 Å². The van der Waals surface area contributed by atoms with Crippen LogP contribution in [0.4, 0.5) is 0 Å². The number of hydrogen-bond acceptors (Lipinski definition) is 6. The largest absolute Gasteiger partial charge is 0.459 e. The van der Waals surface area contributed by atoms with E-state index in [-0.39, 0.29) is 18.3 Å². The molecule has 0 N–H and O–H groups in total. The van der Waals surface area contributed by atoms with Crippen molar-refractivity contribution in [3.63, 3.8) is 0 Å². The van der Waals surface area contributed by atoms with Crippen LogP contribution in [0, 0.1) is 11.3 Å². The van der Waals surface area contributed by atoms with E-state index >= 15 is 0 Å². The number of esters is 1. The minimum atomic E-state index is -0.659. The number of nitrogens with zero attached hydrogens (tertiary/aromatic N) is 2. The summed E-state index contributed by atoms with van der Waals surface area (Å²) in [7, 11) is 0. The Morgan fingerprint density at radius 1 is 1.31 bits per heavy atom. The Morgan fingerprint density at radius 2 is 1.96 bits per heavy atom. The Labute approximate surface area is 157 Å². The van der Waals surface area contributed by atoms with Gasteiger partial charge in [0.2, 0.25) is 0 Å². The minimum Gasteiger partial charge on any atom is -0.459 e. The third-order valence-corrected chi connectivity index (χ3v) is 3.97. The summed E-state index contributed by atoms with van der Waals surface area (Å²) in [4.78, 5) is 14.3. The lowest BCUT2D eigenvalue weighted by atomic mass is 10.2. The van der Waals surface area contributed by atoms with Crippen LogP contribution < -0.4 is 0 Å². The SMILES string of the molecule is CCCCN(/C=C/C=C(\C#N)C(=O)OCC1COC(C)(C)O1)CCCC. The lowest BCUT2D eigenvalue weighted by Crippen LogP contribution is -2.25. The number of allylic oxidation sites excluding steroid dienone is 2. The van der Waals surface area contributed by atoms with Crippen molar-refractivity contribution in [3.8, 4) is 6.07 Å². The van der Waals surface area contributed by atoms with Gasteiger partial charge in [-0.05, 0) is 45.0 Å². The molecule has 0 aromatic carbocycles. The Morgan fingerprint density at radius 3 is 2.46 bits per heavy atom. The van der Waals surface area contributed by atoms with Gasteiger partial charge in [-0.1, -0.05) is 26.7 Å². The fraction of sp³-hybridized carbons (Fsp3) is 0.700. The smallest absolute Gasteiger partial charge is 0.348 e. The second kappa shape index (κ2) is 11.7. The average Bonchev–Trinajstić information content (AvgIpc) is 2.97. The molecule has 1 saturated heterocycles. The van der Waals surface area contributed by atoms with E-state index < -0.39 is 11.8 Å². The molecule has 1 unspecified atom stereocenters. The first-order chi connectivity index (χ1) is 12.4. The fourth-order valence-electron chi connectivity index (χ4n) is 2.49. The minimum absolute atomic E-state index is 0.0228. The molecule has 6 nitrogen and oxygen atoms in total. The zero-order chi connectivity index (χ0) is 19.4. The molecule has 0 spiro atoms. The van der Waals surface area contributed by atoms with Crippen molar-refractivity contribution < 1.29 is 19.0 Å². The van der Waals surface area contributed by atoms with Gasteiger partial charge in [0, 0.05) is 13.1 Å². The molecule has 26 heavy (non-hydrogen) atoms. The number of carbonyl (C=O) groups excluding carboxylic acids is 1. The van der Waals surface area contributed by atoms with E-state index in [4.69, 9.17) is 14.2 Å². The van der Waals surface area contributed by atoms with E-state index in [0.29, 0.717) is 6.61 Å². The van der Waals surface area contributed by atoms with Gasteiger partial charge >= 0.3 is 5.97 Å². The summed E-state index contributed by atoms with van der Waals surface area (Å²) in [6, 6.07) is 1.90. The third kappa shape index (κ3) is 8.50. The Bertz CT molecular complexity index is 526. The molecular weight excluding hydrogens is 332 g/mol. The van der Waals surface area contributed by atoms with Gasteiger partial charge < -0.3 is 19.1 Å². The Hall–Kier alpha value is -1.84. The van der Waals surface area contributed by atoms with Crippen LogP contribution in [-0.4, -0.2) is 49.1 Å². The molecule has 0 saturated carbocycles. The molecule has 1 fully saturated rings. The molecule has 1 aliphatic heterocycles. The van der Waals surface area contributed by atoms with Crippen molar-refractivity contribution in [2.75, 3.05) is 26.3 Å². The van der Waals surface area contributed by atoms with Gasteiger partial charge in [-0.25, -0.2) is 4.79 Å². The monoisotopic (exact) mass is 364 g/mol. The first kappa shape index (κ1) is 22.2. The van der Waals surface area contributed by atoms with Crippen LogP contribution in [0.5, 0.6) is 0 Å². The first-order valence-electron chi connectivity index (χ1n) is 9.43. The summed E-state index contributed by atoms with van der Waals surface area (Å²) in [6.45, 7) is 10.3. The van der Waals surface area contributed by atoms with Crippen molar-refractivity contribution in [1.29, 1.82) is 5.26 Å². The number of ether oxygens (including phenoxy) is 3. The highest BCUT2D eigenvalue weighted by Gasteiger charge is 2.33. The van der Waals surface area contributed by atoms with Gasteiger partial charge in [0.25, 0.3) is 0 Å². The van der Waals surface area contributed by atoms with Crippen LogP contribution in [0.3, 0.4) is 0 Å². The van der Waals surface area contributed by atoms with Crippen LogP contribution >= 0.6 is 0 Å². The summed E-state index contributed by atoms with van der Waals surface area (Å²) in [5.41, 5.74) is -0.0228. The highest BCUT2D eigenvalue weighted by Crippen LogP contribution is 2.22. The average molecular weight is 364 g/mol. The Kier molecular flexibility index (Phi) is 10.0. The lowest BCUT2D eigenvalue weighted by molar-refractivity contribution is -0.155. The molecular formula is C20H32N2O4. The summed E-state index contributed by atoms with van der Waals surface area (Å²) >= 11 is 0. The predicted octanol–water partition coefficient (Wildman–Crippen LogP) is 3.55. The fourth-order valence-corrected chi connectivity index (χ4v) is 2.49. The van der Waals surface area contributed by atoms with Gasteiger partial charge in [-0.3, -0.25) is 0 Å². The molecule has 146 valence electrons. The van der Waals surface area contributed by atoms with E-state index in [1.807, 2.05) is 26.1 Å². The van der Waals surface area contributed by atoms with Crippen molar-refractivity contribution in [3.05, 3.63) is 23.9 Å². The maximum atomic E-state index is 12.1. The van der Waals surface area contributed by atoms with Crippen molar-refractivity contribution >= 4 is 5.97 Å². The van der Waals surface area contributed by atoms with Crippen LogP contribution in [0.15, 0.2) is 23.9 Å². The summed E-state index contributed by atoms with van der Waals surface area (Å²) in [5, 5.41) is 9.20. The third-order valence-electron chi connectivity index (χ3n) is 3.97. The van der Waals surface area contributed by atoms with Crippen LogP contribution in [0.1, 0.15) is 53.4 Å². The first-order valence-corrected chi connectivity index (χ1v) is 9.43. The highest BCUT2D eigenvalue weighted by molar-refractivity contribution is 5.93. The zero-order valence-corrected chi connectivity index (χ0v) is 16.5. The zero-order valence-electron chi connectivity index (χ0n) is 16.5. The summed E-state index contributed by atoms with van der Waals surface area (Å²) in [6.07, 6.45) is 9.37. The topological polar surface area (TPSA) is 71.8 Å². The molecule has 1 atom stereocenters. The summed E-state index contributed by atoms with van der Waals surface area (Å²) < 4.78 is 16.2. The number of hydrogen-bond donors (Lipinski definition) is 0. The standard InChI is InChI=1S/C20H32N2O4/c1-5-7-11-22(12-8-6-2)13-9-10-17(14-21)19(23)24-15-18-16-25-20(3,4)26-18/h9-10,13,18H,5-8,11-12,15-16H2,1-4H3/b13-9+,17-10+. The quantitative estimate of drug-likeness (QED) is 0.242. The van der Waals surface area contributed by atoms with Gasteiger partial charge in [-0.15, -0.1) is 0 Å². The molecule has 0 bridgehead atoms. The van der Waals surface area contributed by atoms with Gasteiger partial charge in [0.1, 0.15) is 24.4 Å². The molecule has 0 aromatic heterocycles. The molecule has 1 rings (SSSR count). The van der Waals surface area contributed by atoms with Crippen LogP contribution in [0.2, 0.25) is 0 Å². The van der Waals surface area contributed by atoms with Crippen LogP contribution in [-0.2, 0) is 19.0 Å². The molecule has 6 heteroatoms. The molecule has 0 radical (unpaired) electrons. The molecule has 0 amide bonds. The van der Waals surface area contributed by atoms with Gasteiger partial charge in [0.15, 0.2) is 5.79 Å². The normalized spacial score (nSPS) is 19.5. The van der Waals surface area contributed by atoms with E-state index in [0.717, 1.165) is 38.8 Å².